The molecular weight excluding hydrogens is 250 g/mol. The number of aromatic nitrogens is 2. The summed E-state index contributed by atoms with van der Waals surface area (Å²) >= 11 is 0. The molecule has 5 nitrogen and oxygen atoms in total. The van der Waals surface area contributed by atoms with Crippen LogP contribution in [0.4, 0.5) is 17.6 Å². The van der Waals surface area contributed by atoms with Crippen molar-refractivity contribution in [2.75, 3.05) is 29.5 Å². The summed E-state index contributed by atoms with van der Waals surface area (Å²) in [4.78, 5) is 10.5. The van der Waals surface area contributed by atoms with E-state index in [1.54, 1.807) is 0 Å². The van der Waals surface area contributed by atoms with Crippen molar-refractivity contribution in [3.8, 4) is 0 Å². The Balaban J connectivity index is 2.18. The summed E-state index contributed by atoms with van der Waals surface area (Å²) in [5, 5.41) is 3.16. The van der Waals surface area contributed by atoms with Crippen molar-refractivity contribution in [1.29, 1.82) is 0 Å². The van der Waals surface area contributed by atoms with E-state index in [1.165, 1.54) is 11.1 Å². The molecule has 0 radical (unpaired) electrons. The second-order valence-electron chi connectivity index (χ2n) is 4.85. The van der Waals surface area contributed by atoms with Crippen LogP contribution in [0.15, 0.2) is 30.3 Å². The summed E-state index contributed by atoms with van der Waals surface area (Å²) < 4.78 is 0. The molecule has 0 atom stereocenters. The first-order valence-electron chi connectivity index (χ1n) is 6.73. The Hall–Kier alpha value is -2.30. The van der Waals surface area contributed by atoms with E-state index in [0.717, 1.165) is 24.7 Å². The van der Waals surface area contributed by atoms with Crippen molar-refractivity contribution in [3.63, 3.8) is 0 Å². The molecule has 2 rings (SSSR count). The van der Waals surface area contributed by atoms with E-state index >= 15 is 0 Å². The van der Waals surface area contributed by atoms with Gasteiger partial charge in [-0.3, -0.25) is 0 Å². The summed E-state index contributed by atoms with van der Waals surface area (Å²) in [7, 11) is 2.00. The standard InChI is InChI=1S/C15H21N5/c1-4-17-13-9-14(19-15(16)18-13)20(3)10-12-7-5-6-11(2)8-12/h5-9H,4,10H2,1-3H3,(H3,16,17,18,19). The molecule has 1 aromatic heterocycles. The lowest BCUT2D eigenvalue weighted by Gasteiger charge is -2.19. The Kier molecular flexibility index (Phi) is 4.40. The molecular formula is C15H21N5. The monoisotopic (exact) mass is 271 g/mol. The number of nitrogens with zero attached hydrogens (tertiary/aromatic N) is 3. The molecule has 106 valence electrons. The number of nitrogen functional groups attached to an aromatic ring is 1. The number of rotatable bonds is 5. The fourth-order valence-electron chi connectivity index (χ4n) is 2.09. The zero-order valence-electron chi connectivity index (χ0n) is 12.2. The molecule has 0 saturated heterocycles. The van der Waals surface area contributed by atoms with Gasteiger partial charge in [0.1, 0.15) is 11.6 Å². The van der Waals surface area contributed by atoms with E-state index in [9.17, 15) is 0 Å². The van der Waals surface area contributed by atoms with Gasteiger partial charge in [-0.25, -0.2) is 0 Å². The van der Waals surface area contributed by atoms with E-state index in [-0.39, 0.29) is 5.95 Å². The van der Waals surface area contributed by atoms with E-state index in [1.807, 2.05) is 20.0 Å². The molecule has 0 unspecified atom stereocenters. The number of nitrogens with two attached hydrogens (primary N) is 1. The molecule has 5 heteroatoms. The van der Waals surface area contributed by atoms with Gasteiger partial charge in [0, 0.05) is 26.2 Å². The number of hydrogen-bond acceptors (Lipinski definition) is 5. The van der Waals surface area contributed by atoms with Crippen LogP contribution in [0.25, 0.3) is 0 Å². The summed E-state index contributed by atoms with van der Waals surface area (Å²) in [6.45, 7) is 5.70. The molecule has 3 N–H and O–H groups in total. The van der Waals surface area contributed by atoms with Crippen LogP contribution in [0, 0.1) is 6.92 Å². The highest BCUT2D eigenvalue weighted by molar-refractivity contribution is 5.52. The molecule has 0 saturated carbocycles. The van der Waals surface area contributed by atoms with Crippen molar-refractivity contribution in [3.05, 3.63) is 41.5 Å². The topological polar surface area (TPSA) is 67.1 Å². The lowest BCUT2D eigenvalue weighted by molar-refractivity contribution is 0.892. The van der Waals surface area contributed by atoms with Gasteiger partial charge in [0.15, 0.2) is 0 Å². The largest absolute Gasteiger partial charge is 0.370 e. The van der Waals surface area contributed by atoms with Gasteiger partial charge in [0.25, 0.3) is 0 Å². The number of anilines is 3. The van der Waals surface area contributed by atoms with Crippen LogP contribution >= 0.6 is 0 Å². The molecule has 0 aliphatic heterocycles. The van der Waals surface area contributed by atoms with Crippen LogP contribution in [-0.4, -0.2) is 23.6 Å². The minimum Gasteiger partial charge on any atom is -0.370 e. The SMILES string of the molecule is CCNc1cc(N(C)Cc2cccc(C)c2)nc(N)n1. The summed E-state index contributed by atoms with van der Waals surface area (Å²) in [6, 6.07) is 10.4. The van der Waals surface area contributed by atoms with Crippen LogP contribution in [0.2, 0.25) is 0 Å². The van der Waals surface area contributed by atoms with E-state index in [0.29, 0.717) is 0 Å². The van der Waals surface area contributed by atoms with Gasteiger partial charge in [-0.2, -0.15) is 9.97 Å². The first kappa shape index (κ1) is 14.1. The third-order valence-corrected chi connectivity index (χ3v) is 2.98. The minimum absolute atomic E-state index is 0.287. The second-order valence-corrected chi connectivity index (χ2v) is 4.85. The summed E-state index contributed by atoms with van der Waals surface area (Å²) in [6.07, 6.45) is 0. The van der Waals surface area contributed by atoms with Crippen molar-refractivity contribution in [2.45, 2.75) is 20.4 Å². The van der Waals surface area contributed by atoms with Crippen LogP contribution in [0.1, 0.15) is 18.1 Å². The van der Waals surface area contributed by atoms with Gasteiger partial charge in [0.05, 0.1) is 0 Å². The predicted molar refractivity (Wildman–Crippen MR) is 83.9 cm³/mol. The van der Waals surface area contributed by atoms with Gasteiger partial charge >= 0.3 is 0 Å². The van der Waals surface area contributed by atoms with E-state index in [2.05, 4.69) is 51.4 Å². The third-order valence-electron chi connectivity index (χ3n) is 2.98. The highest BCUT2D eigenvalue weighted by atomic mass is 15.2. The zero-order valence-corrected chi connectivity index (χ0v) is 12.2. The fourth-order valence-corrected chi connectivity index (χ4v) is 2.09. The zero-order chi connectivity index (χ0) is 14.5. The molecule has 0 amide bonds. The average molecular weight is 271 g/mol. The first-order chi connectivity index (χ1) is 9.58. The van der Waals surface area contributed by atoms with Crippen LogP contribution in [0.5, 0.6) is 0 Å². The van der Waals surface area contributed by atoms with Crippen LogP contribution in [0.3, 0.4) is 0 Å². The van der Waals surface area contributed by atoms with Crippen molar-refractivity contribution >= 4 is 17.6 Å². The molecule has 0 aliphatic rings. The molecule has 0 bridgehead atoms. The summed E-state index contributed by atoms with van der Waals surface area (Å²) in [5.74, 6) is 1.86. The number of benzene rings is 1. The molecule has 0 spiro atoms. The Labute approximate surface area is 119 Å². The molecule has 20 heavy (non-hydrogen) atoms. The van der Waals surface area contributed by atoms with Gasteiger partial charge in [-0.15, -0.1) is 0 Å². The van der Waals surface area contributed by atoms with Crippen LogP contribution in [-0.2, 0) is 6.54 Å². The molecule has 0 aliphatic carbocycles. The van der Waals surface area contributed by atoms with Crippen molar-refractivity contribution in [2.24, 2.45) is 0 Å². The lowest BCUT2D eigenvalue weighted by Crippen LogP contribution is -2.19. The second kappa shape index (κ2) is 6.23. The third kappa shape index (κ3) is 3.60. The fraction of sp³-hybridized carbons (Fsp3) is 0.333. The average Bonchev–Trinajstić information content (AvgIpc) is 2.38. The van der Waals surface area contributed by atoms with Gasteiger partial charge in [-0.05, 0) is 19.4 Å². The Morgan fingerprint density at radius 2 is 2.05 bits per heavy atom. The highest BCUT2D eigenvalue weighted by Gasteiger charge is 2.07. The summed E-state index contributed by atoms with van der Waals surface area (Å²) in [5.41, 5.74) is 8.26. The van der Waals surface area contributed by atoms with E-state index < -0.39 is 0 Å². The Morgan fingerprint density at radius 3 is 2.75 bits per heavy atom. The maximum Gasteiger partial charge on any atom is 0.223 e. The maximum atomic E-state index is 5.76. The molecule has 2 aromatic rings. The Morgan fingerprint density at radius 1 is 1.25 bits per heavy atom. The smallest absolute Gasteiger partial charge is 0.223 e. The predicted octanol–water partition coefficient (Wildman–Crippen LogP) is 2.44. The Bertz CT molecular complexity index is 582. The van der Waals surface area contributed by atoms with Gasteiger partial charge in [0.2, 0.25) is 5.95 Å². The minimum atomic E-state index is 0.287. The lowest BCUT2D eigenvalue weighted by atomic mass is 10.1. The molecule has 1 aromatic carbocycles. The van der Waals surface area contributed by atoms with Gasteiger partial charge < -0.3 is 16.0 Å². The molecule has 1 heterocycles. The number of aryl methyl sites for hydroxylation is 1. The quantitative estimate of drug-likeness (QED) is 0.874. The van der Waals surface area contributed by atoms with Crippen LogP contribution < -0.4 is 16.0 Å². The van der Waals surface area contributed by atoms with Gasteiger partial charge in [-0.1, -0.05) is 29.8 Å². The number of nitrogens with one attached hydrogen (secondary N) is 1. The van der Waals surface area contributed by atoms with Crippen molar-refractivity contribution in [1.82, 2.24) is 9.97 Å². The van der Waals surface area contributed by atoms with E-state index in [4.69, 9.17) is 5.73 Å². The van der Waals surface area contributed by atoms with Crippen molar-refractivity contribution < 1.29 is 0 Å². The number of hydrogen-bond donors (Lipinski definition) is 2. The first-order valence-corrected chi connectivity index (χ1v) is 6.73. The normalized spacial score (nSPS) is 10.3. The maximum absolute atomic E-state index is 5.76. The molecule has 0 fully saturated rings. The highest BCUT2D eigenvalue weighted by Crippen LogP contribution is 2.18.